The molecule has 2 aromatic rings. The lowest BCUT2D eigenvalue weighted by molar-refractivity contribution is 0.961. The van der Waals surface area contributed by atoms with Crippen LogP contribution >= 0.6 is 0 Å². The molecule has 2 rings (SSSR count). The highest BCUT2D eigenvalue weighted by Crippen LogP contribution is 2.19. The Hall–Kier alpha value is -1.68. The maximum atomic E-state index is 5.31. The summed E-state index contributed by atoms with van der Waals surface area (Å²) in [7, 11) is 2.04. The number of benzene rings is 1. The molecule has 1 aromatic heterocycles. The highest BCUT2D eigenvalue weighted by molar-refractivity contribution is 5.83. The largest absolute Gasteiger partial charge is 0.350 e. The van der Waals surface area contributed by atoms with Crippen molar-refractivity contribution in [1.29, 1.82) is 0 Å². The molecule has 0 spiro atoms. The predicted molar refractivity (Wildman–Crippen MR) is 55.5 cm³/mol. The topological polar surface area (TPSA) is 4.93 Å². The minimum atomic E-state index is 0.704. The van der Waals surface area contributed by atoms with Crippen LogP contribution in [0.3, 0.4) is 0 Å². The summed E-state index contributed by atoms with van der Waals surface area (Å²) in [4.78, 5) is 0. The lowest BCUT2D eigenvalue weighted by Gasteiger charge is -2.01. The van der Waals surface area contributed by atoms with Crippen molar-refractivity contribution < 1.29 is 0 Å². The van der Waals surface area contributed by atoms with E-state index in [0.717, 1.165) is 0 Å². The van der Waals surface area contributed by atoms with Gasteiger partial charge in [-0.05, 0) is 17.0 Å². The molecule has 0 atom stereocenters. The fourth-order valence-corrected chi connectivity index (χ4v) is 1.70. The van der Waals surface area contributed by atoms with Crippen molar-refractivity contribution in [2.45, 2.75) is 6.42 Å². The molecule has 1 heterocycles. The second-order valence-electron chi connectivity index (χ2n) is 3.16. The molecule has 0 fully saturated rings. The number of nitrogens with zero attached hydrogens (tertiary/aromatic N) is 1. The Morgan fingerprint density at radius 1 is 1.38 bits per heavy atom. The molecule has 64 valence electrons. The number of aromatic nitrogens is 1. The van der Waals surface area contributed by atoms with E-state index in [-0.39, 0.29) is 0 Å². The first-order valence-corrected chi connectivity index (χ1v) is 4.29. The Morgan fingerprint density at radius 2 is 2.23 bits per heavy atom. The van der Waals surface area contributed by atoms with Gasteiger partial charge in [-0.15, -0.1) is 12.3 Å². The number of hydrogen-bond donors (Lipinski definition) is 0. The van der Waals surface area contributed by atoms with Crippen molar-refractivity contribution in [3.8, 4) is 12.3 Å². The molecule has 0 radical (unpaired) electrons. The molecule has 0 unspecified atom stereocenters. The summed E-state index contributed by atoms with van der Waals surface area (Å²) in [6.07, 6.45) is 8.07. The Bertz CT molecular complexity index is 471. The van der Waals surface area contributed by atoms with E-state index in [4.69, 9.17) is 6.42 Å². The Morgan fingerprint density at radius 3 is 3.00 bits per heavy atom. The minimum absolute atomic E-state index is 0.704. The molecule has 0 saturated carbocycles. The first-order chi connectivity index (χ1) is 6.33. The van der Waals surface area contributed by atoms with Crippen LogP contribution in [0.15, 0.2) is 30.5 Å². The summed E-state index contributed by atoms with van der Waals surface area (Å²) >= 11 is 0. The van der Waals surface area contributed by atoms with Gasteiger partial charge in [0.05, 0.1) is 5.52 Å². The number of para-hydroxylation sites is 1. The lowest BCUT2D eigenvalue weighted by atomic mass is 10.1. The van der Waals surface area contributed by atoms with Crippen LogP contribution in [-0.4, -0.2) is 4.57 Å². The van der Waals surface area contributed by atoms with Gasteiger partial charge < -0.3 is 4.57 Å². The van der Waals surface area contributed by atoms with E-state index in [1.807, 2.05) is 7.05 Å². The van der Waals surface area contributed by atoms with Crippen LogP contribution in [0, 0.1) is 12.3 Å². The maximum absolute atomic E-state index is 5.31. The average Bonchev–Trinajstić information content (AvgIpc) is 2.50. The predicted octanol–water partition coefficient (Wildman–Crippen LogP) is 2.35. The molecule has 0 amide bonds. The first-order valence-electron chi connectivity index (χ1n) is 4.29. The summed E-state index contributed by atoms with van der Waals surface area (Å²) in [5.74, 6) is 2.68. The zero-order valence-corrected chi connectivity index (χ0v) is 7.62. The third kappa shape index (κ3) is 1.21. The molecule has 0 aliphatic heterocycles. The minimum Gasteiger partial charge on any atom is -0.350 e. The molecular formula is C12H11N. The third-order valence-corrected chi connectivity index (χ3v) is 2.27. The van der Waals surface area contributed by atoms with Gasteiger partial charge in [-0.3, -0.25) is 0 Å². The number of terminal acetylenes is 1. The van der Waals surface area contributed by atoms with Crippen LogP contribution in [0.4, 0.5) is 0 Å². The second-order valence-corrected chi connectivity index (χ2v) is 3.16. The van der Waals surface area contributed by atoms with E-state index in [9.17, 15) is 0 Å². The molecule has 0 aliphatic carbocycles. The van der Waals surface area contributed by atoms with Gasteiger partial charge in [0.15, 0.2) is 0 Å². The van der Waals surface area contributed by atoms with Crippen molar-refractivity contribution >= 4 is 10.9 Å². The first kappa shape index (κ1) is 7.94. The highest BCUT2D eigenvalue weighted by Gasteiger charge is 2.01. The van der Waals surface area contributed by atoms with Crippen molar-refractivity contribution in [1.82, 2.24) is 4.57 Å². The number of aryl methyl sites for hydroxylation is 1. The van der Waals surface area contributed by atoms with Gasteiger partial charge in [-0.2, -0.15) is 0 Å². The Kier molecular flexibility index (Phi) is 1.83. The number of hydrogen-bond acceptors (Lipinski definition) is 0. The monoisotopic (exact) mass is 169 g/mol. The maximum Gasteiger partial charge on any atom is 0.0519 e. The van der Waals surface area contributed by atoms with Crippen molar-refractivity contribution in [3.05, 3.63) is 36.0 Å². The van der Waals surface area contributed by atoms with Crippen LogP contribution in [-0.2, 0) is 13.5 Å². The van der Waals surface area contributed by atoms with E-state index < -0.39 is 0 Å². The summed E-state index contributed by atoms with van der Waals surface area (Å²) in [6.45, 7) is 0. The SMILES string of the molecule is C#CCc1cccc2ccn(C)c12. The molecule has 0 saturated heterocycles. The fraction of sp³-hybridized carbons (Fsp3) is 0.167. The second kappa shape index (κ2) is 2.99. The molecule has 0 N–H and O–H groups in total. The van der Waals surface area contributed by atoms with E-state index in [1.54, 1.807) is 0 Å². The average molecular weight is 169 g/mol. The molecule has 13 heavy (non-hydrogen) atoms. The van der Waals surface area contributed by atoms with Gasteiger partial charge in [0.1, 0.15) is 0 Å². The fourth-order valence-electron chi connectivity index (χ4n) is 1.70. The van der Waals surface area contributed by atoms with Crippen LogP contribution < -0.4 is 0 Å². The summed E-state index contributed by atoms with van der Waals surface area (Å²) < 4.78 is 2.11. The van der Waals surface area contributed by atoms with E-state index >= 15 is 0 Å². The van der Waals surface area contributed by atoms with Crippen molar-refractivity contribution in [2.75, 3.05) is 0 Å². The van der Waals surface area contributed by atoms with Crippen molar-refractivity contribution in [2.24, 2.45) is 7.05 Å². The van der Waals surface area contributed by atoms with Gasteiger partial charge in [-0.1, -0.05) is 18.2 Å². The Balaban J connectivity index is 2.74. The van der Waals surface area contributed by atoms with Gasteiger partial charge in [-0.25, -0.2) is 0 Å². The van der Waals surface area contributed by atoms with E-state index in [1.165, 1.54) is 16.5 Å². The van der Waals surface area contributed by atoms with Crippen LogP contribution in [0.1, 0.15) is 5.56 Å². The summed E-state index contributed by atoms with van der Waals surface area (Å²) in [5.41, 5.74) is 2.48. The summed E-state index contributed by atoms with van der Waals surface area (Å²) in [6, 6.07) is 8.35. The normalized spacial score (nSPS) is 10.2. The third-order valence-electron chi connectivity index (χ3n) is 2.27. The molecule has 1 aromatic carbocycles. The van der Waals surface area contributed by atoms with Gasteiger partial charge in [0.25, 0.3) is 0 Å². The molecule has 1 nitrogen and oxygen atoms in total. The molecular weight excluding hydrogens is 158 g/mol. The number of fused-ring (bicyclic) bond motifs is 1. The number of rotatable bonds is 1. The molecule has 0 aliphatic rings. The quantitative estimate of drug-likeness (QED) is 0.577. The van der Waals surface area contributed by atoms with Gasteiger partial charge in [0.2, 0.25) is 0 Å². The van der Waals surface area contributed by atoms with Crippen LogP contribution in [0.5, 0.6) is 0 Å². The zero-order valence-electron chi connectivity index (χ0n) is 7.62. The zero-order chi connectivity index (χ0) is 9.26. The van der Waals surface area contributed by atoms with E-state index in [0.29, 0.717) is 6.42 Å². The summed E-state index contributed by atoms with van der Waals surface area (Å²) in [5, 5.41) is 1.26. The van der Waals surface area contributed by atoms with Gasteiger partial charge in [0, 0.05) is 19.7 Å². The van der Waals surface area contributed by atoms with E-state index in [2.05, 4.69) is 40.9 Å². The lowest BCUT2D eigenvalue weighted by Crippen LogP contribution is -1.90. The smallest absolute Gasteiger partial charge is 0.0519 e. The van der Waals surface area contributed by atoms with Crippen LogP contribution in [0.25, 0.3) is 10.9 Å². The standard InChI is InChI=1S/C12H11N/c1-3-5-10-6-4-7-11-8-9-13(2)12(10)11/h1,4,6-9H,5H2,2H3. The van der Waals surface area contributed by atoms with Gasteiger partial charge >= 0.3 is 0 Å². The Labute approximate surface area is 78.0 Å². The molecule has 0 bridgehead atoms. The van der Waals surface area contributed by atoms with Crippen molar-refractivity contribution in [3.63, 3.8) is 0 Å². The van der Waals surface area contributed by atoms with Crippen LogP contribution in [0.2, 0.25) is 0 Å². The highest BCUT2D eigenvalue weighted by atomic mass is 14.9. The molecule has 1 heteroatoms.